The fourth-order valence-electron chi connectivity index (χ4n) is 3.61. The van der Waals surface area contributed by atoms with Crippen molar-refractivity contribution in [2.75, 3.05) is 19.6 Å². The van der Waals surface area contributed by atoms with E-state index >= 15 is 0 Å². The topological polar surface area (TPSA) is 88.3 Å². The van der Waals surface area contributed by atoms with Gasteiger partial charge >= 0.3 is 0 Å². The maximum atomic E-state index is 13.0. The smallest absolute Gasteiger partial charge is 0.223 e. The van der Waals surface area contributed by atoms with Gasteiger partial charge in [-0.3, -0.25) is 14.5 Å². The molecule has 0 saturated carbocycles. The average molecular weight is 419 g/mol. The molecule has 1 aliphatic heterocycles. The van der Waals surface area contributed by atoms with Crippen LogP contribution < -0.4 is 11.1 Å². The third-order valence-electron chi connectivity index (χ3n) is 5.33. The summed E-state index contributed by atoms with van der Waals surface area (Å²) in [6.45, 7) is 4.72. The fraction of sp³-hybridized carbons (Fsp3) is 0.476. The highest BCUT2D eigenvalue weighted by molar-refractivity contribution is 7.09. The third kappa shape index (κ3) is 6.33. The molecule has 0 spiro atoms. The first kappa shape index (κ1) is 21.4. The molecule has 3 N–H and O–H groups in total. The first-order valence-electron chi connectivity index (χ1n) is 9.85. The molecule has 1 saturated heterocycles. The van der Waals surface area contributed by atoms with Crippen molar-refractivity contribution in [3.8, 4) is 0 Å². The SMILES string of the molecule is Cc1nc(CN2CCC(C(=O)NCC(Cc3ccc(F)cc3)C(N)=O)CC2)cs1. The Morgan fingerprint density at radius 2 is 2.00 bits per heavy atom. The molecule has 6 nitrogen and oxygen atoms in total. The number of carbonyl (C=O) groups is 2. The van der Waals surface area contributed by atoms with E-state index in [-0.39, 0.29) is 24.2 Å². The standard InChI is InChI=1S/C21H27FN4O2S/c1-14-25-19(13-29-14)12-26-8-6-16(7-9-26)21(28)24-11-17(20(23)27)10-15-2-4-18(22)5-3-15/h2-5,13,16-17H,6-12H2,1H3,(H2,23,27)(H,24,28). The number of likely N-dealkylation sites (tertiary alicyclic amines) is 1. The summed E-state index contributed by atoms with van der Waals surface area (Å²) in [7, 11) is 0. The highest BCUT2D eigenvalue weighted by atomic mass is 32.1. The third-order valence-corrected chi connectivity index (χ3v) is 6.15. The van der Waals surface area contributed by atoms with Crippen molar-refractivity contribution in [1.82, 2.24) is 15.2 Å². The molecule has 2 aromatic rings. The van der Waals surface area contributed by atoms with Gasteiger partial charge in [0.05, 0.1) is 16.6 Å². The second-order valence-corrected chi connectivity index (χ2v) is 8.65. The summed E-state index contributed by atoms with van der Waals surface area (Å²) >= 11 is 1.65. The molecular formula is C21H27FN4O2S. The predicted molar refractivity (Wildman–Crippen MR) is 111 cm³/mol. The largest absolute Gasteiger partial charge is 0.369 e. The van der Waals surface area contributed by atoms with Gasteiger partial charge in [-0.1, -0.05) is 12.1 Å². The Hall–Kier alpha value is -2.32. The van der Waals surface area contributed by atoms with Crippen molar-refractivity contribution in [2.45, 2.75) is 32.7 Å². The van der Waals surface area contributed by atoms with Crippen molar-refractivity contribution < 1.29 is 14.0 Å². The first-order chi connectivity index (χ1) is 13.9. The minimum atomic E-state index is -0.516. The minimum absolute atomic E-state index is 0.0282. The Bertz CT molecular complexity index is 831. The zero-order valence-corrected chi connectivity index (χ0v) is 17.4. The Kier molecular flexibility index (Phi) is 7.33. The Labute approximate surface area is 174 Å². The molecule has 8 heteroatoms. The molecule has 0 bridgehead atoms. The van der Waals surface area contributed by atoms with Crippen molar-refractivity contribution in [3.05, 3.63) is 51.7 Å². The van der Waals surface area contributed by atoms with Gasteiger partial charge in [0, 0.05) is 24.4 Å². The number of amides is 2. The van der Waals surface area contributed by atoms with Crippen LogP contribution in [0.25, 0.3) is 0 Å². The van der Waals surface area contributed by atoms with Gasteiger partial charge in [-0.15, -0.1) is 11.3 Å². The number of primary amides is 1. The number of rotatable bonds is 8. The van der Waals surface area contributed by atoms with Gasteiger partial charge in [0.2, 0.25) is 11.8 Å². The first-order valence-corrected chi connectivity index (χ1v) is 10.7. The van der Waals surface area contributed by atoms with Crippen LogP contribution in [-0.4, -0.2) is 41.3 Å². The Balaban J connectivity index is 1.44. The van der Waals surface area contributed by atoms with Crippen molar-refractivity contribution >= 4 is 23.2 Å². The number of piperidine rings is 1. The number of aromatic nitrogens is 1. The van der Waals surface area contributed by atoms with Gasteiger partial charge in [-0.2, -0.15) is 0 Å². The molecule has 3 rings (SSSR count). The van der Waals surface area contributed by atoms with Crippen LogP contribution in [0.2, 0.25) is 0 Å². The lowest BCUT2D eigenvalue weighted by Crippen LogP contribution is -2.43. The number of nitrogens with one attached hydrogen (secondary N) is 1. The average Bonchev–Trinajstić information content (AvgIpc) is 3.11. The number of hydrogen-bond acceptors (Lipinski definition) is 5. The van der Waals surface area contributed by atoms with Gasteiger partial charge in [0.1, 0.15) is 5.82 Å². The van der Waals surface area contributed by atoms with E-state index in [0.717, 1.165) is 48.7 Å². The number of carbonyl (C=O) groups excluding carboxylic acids is 2. The summed E-state index contributed by atoms with van der Waals surface area (Å²) in [6, 6.07) is 5.97. The molecule has 0 radical (unpaired) electrons. The summed E-state index contributed by atoms with van der Waals surface area (Å²) in [5.41, 5.74) is 7.39. The van der Waals surface area contributed by atoms with Crippen LogP contribution in [-0.2, 0) is 22.6 Å². The van der Waals surface area contributed by atoms with Gasteiger partial charge in [-0.25, -0.2) is 9.37 Å². The fourth-order valence-corrected chi connectivity index (χ4v) is 4.21. The van der Waals surface area contributed by atoms with Crippen LogP contribution in [0.1, 0.15) is 29.1 Å². The molecule has 1 aliphatic rings. The van der Waals surface area contributed by atoms with Crippen molar-refractivity contribution in [3.63, 3.8) is 0 Å². The van der Waals surface area contributed by atoms with Gasteiger partial charge < -0.3 is 11.1 Å². The van der Waals surface area contributed by atoms with Crippen LogP contribution in [0.5, 0.6) is 0 Å². The zero-order valence-electron chi connectivity index (χ0n) is 16.6. The normalized spacial score (nSPS) is 16.5. The lowest BCUT2D eigenvalue weighted by molar-refractivity contribution is -0.127. The molecule has 1 unspecified atom stereocenters. The molecule has 1 aromatic carbocycles. The second kappa shape index (κ2) is 9.93. The Morgan fingerprint density at radius 3 is 2.59 bits per heavy atom. The molecular weight excluding hydrogens is 391 g/mol. The van der Waals surface area contributed by atoms with E-state index in [9.17, 15) is 14.0 Å². The van der Waals surface area contributed by atoms with Crippen LogP contribution in [0, 0.1) is 24.6 Å². The van der Waals surface area contributed by atoms with E-state index in [4.69, 9.17) is 5.73 Å². The van der Waals surface area contributed by atoms with E-state index in [2.05, 4.69) is 20.6 Å². The monoisotopic (exact) mass is 418 g/mol. The molecule has 1 fully saturated rings. The maximum Gasteiger partial charge on any atom is 0.223 e. The van der Waals surface area contributed by atoms with Crippen LogP contribution in [0.4, 0.5) is 4.39 Å². The van der Waals surface area contributed by atoms with Crippen LogP contribution in [0.3, 0.4) is 0 Å². The molecule has 156 valence electrons. The number of thiazole rings is 1. The van der Waals surface area contributed by atoms with Crippen molar-refractivity contribution in [2.24, 2.45) is 17.6 Å². The van der Waals surface area contributed by atoms with Crippen LogP contribution in [0.15, 0.2) is 29.6 Å². The predicted octanol–water partition coefficient (Wildman–Crippen LogP) is 2.26. The summed E-state index contributed by atoms with van der Waals surface area (Å²) in [5, 5.41) is 6.04. The van der Waals surface area contributed by atoms with E-state index in [0.29, 0.717) is 6.42 Å². The maximum absolute atomic E-state index is 13.0. The highest BCUT2D eigenvalue weighted by Crippen LogP contribution is 2.20. The van der Waals surface area contributed by atoms with Crippen LogP contribution >= 0.6 is 11.3 Å². The van der Waals surface area contributed by atoms with E-state index in [1.54, 1.807) is 23.5 Å². The zero-order chi connectivity index (χ0) is 20.8. The summed E-state index contributed by atoms with van der Waals surface area (Å²) in [5.74, 6) is -1.39. The van der Waals surface area contributed by atoms with Crippen molar-refractivity contribution in [1.29, 1.82) is 0 Å². The number of hydrogen-bond donors (Lipinski definition) is 2. The van der Waals surface area contributed by atoms with Gasteiger partial charge in [0.25, 0.3) is 0 Å². The molecule has 2 heterocycles. The van der Waals surface area contributed by atoms with Gasteiger partial charge in [0.15, 0.2) is 0 Å². The summed E-state index contributed by atoms with van der Waals surface area (Å²) in [4.78, 5) is 31.1. The Morgan fingerprint density at radius 1 is 1.31 bits per heavy atom. The van der Waals surface area contributed by atoms with E-state index < -0.39 is 11.8 Å². The van der Waals surface area contributed by atoms with E-state index in [1.807, 2.05) is 6.92 Å². The van der Waals surface area contributed by atoms with Gasteiger partial charge in [-0.05, 0) is 57.0 Å². The quantitative estimate of drug-likeness (QED) is 0.688. The lowest BCUT2D eigenvalue weighted by Gasteiger charge is -2.31. The minimum Gasteiger partial charge on any atom is -0.369 e. The number of nitrogens with two attached hydrogens (primary N) is 1. The molecule has 29 heavy (non-hydrogen) atoms. The molecule has 2 amide bonds. The number of nitrogens with zero attached hydrogens (tertiary/aromatic N) is 2. The highest BCUT2D eigenvalue weighted by Gasteiger charge is 2.26. The summed E-state index contributed by atoms with van der Waals surface area (Å²) < 4.78 is 13.0. The van der Waals surface area contributed by atoms with E-state index in [1.165, 1.54) is 12.1 Å². The molecule has 1 atom stereocenters. The number of benzene rings is 1. The summed E-state index contributed by atoms with van der Waals surface area (Å²) in [6.07, 6.45) is 1.95. The number of aryl methyl sites for hydroxylation is 1. The number of halogens is 1. The molecule has 1 aromatic heterocycles. The molecule has 0 aliphatic carbocycles. The lowest BCUT2D eigenvalue weighted by atomic mass is 9.94. The second-order valence-electron chi connectivity index (χ2n) is 7.58.